The largest absolute Gasteiger partial charge is 0.494 e. The number of fused-ring (bicyclic) bond motifs is 1. The minimum absolute atomic E-state index is 0. The number of benzene rings is 1. The number of thiophene rings is 1. The van der Waals surface area contributed by atoms with Crippen molar-refractivity contribution in [3.63, 3.8) is 0 Å². The van der Waals surface area contributed by atoms with Crippen molar-refractivity contribution < 1.29 is 9.53 Å². The second-order valence-corrected chi connectivity index (χ2v) is 8.10. The molecular weight excluding hydrogens is 428 g/mol. The van der Waals surface area contributed by atoms with E-state index in [1.165, 1.54) is 22.7 Å². The van der Waals surface area contributed by atoms with Gasteiger partial charge in [0.15, 0.2) is 5.13 Å². The first kappa shape index (κ1) is 21.3. The lowest BCUT2D eigenvalue weighted by atomic mass is 10.3. The molecule has 6 nitrogen and oxygen atoms in total. The third-order valence-corrected chi connectivity index (χ3v) is 6.12. The van der Waals surface area contributed by atoms with E-state index in [0.29, 0.717) is 18.3 Å². The van der Waals surface area contributed by atoms with Crippen LogP contribution in [0.3, 0.4) is 0 Å². The van der Waals surface area contributed by atoms with Gasteiger partial charge in [0.25, 0.3) is 5.91 Å². The van der Waals surface area contributed by atoms with Crippen LogP contribution in [0.4, 0.5) is 5.13 Å². The molecule has 0 unspecified atom stereocenters. The molecule has 0 aliphatic heterocycles. The van der Waals surface area contributed by atoms with Crippen LogP contribution in [0.15, 0.2) is 54.4 Å². The van der Waals surface area contributed by atoms with Gasteiger partial charge < -0.3 is 9.30 Å². The molecule has 3 aromatic heterocycles. The third-order valence-electron chi connectivity index (χ3n) is 4.22. The number of ether oxygens (including phenoxy) is 1. The lowest BCUT2D eigenvalue weighted by Gasteiger charge is -2.19. The van der Waals surface area contributed by atoms with E-state index in [1.807, 2.05) is 53.4 Å². The molecule has 1 amide bonds. The monoisotopic (exact) mass is 448 g/mol. The van der Waals surface area contributed by atoms with Gasteiger partial charge in [-0.3, -0.25) is 9.69 Å². The van der Waals surface area contributed by atoms with E-state index in [4.69, 9.17) is 9.72 Å². The second-order valence-electron chi connectivity index (χ2n) is 6.15. The summed E-state index contributed by atoms with van der Waals surface area (Å²) in [7, 11) is 0. The van der Waals surface area contributed by atoms with E-state index in [2.05, 4.69) is 4.98 Å². The molecule has 4 rings (SSSR count). The maximum absolute atomic E-state index is 13.1. The molecule has 0 radical (unpaired) electrons. The zero-order chi connectivity index (χ0) is 19.3. The number of hydrogen-bond donors (Lipinski definition) is 0. The van der Waals surface area contributed by atoms with E-state index in [0.717, 1.165) is 33.8 Å². The van der Waals surface area contributed by atoms with Crippen molar-refractivity contribution in [3.8, 4) is 5.75 Å². The van der Waals surface area contributed by atoms with Gasteiger partial charge in [-0.15, -0.1) is 23.7 Å². The standard InChI is InChI=1S/C20H20N4O2S2.ClH/c1-2-26-15-6-7-16-18(13-15)28-20(22-16)24(19(25)17-5-3-12-27-17)10-4-9-23-11-8-21-14-23;/h3,5-8,11-14H,2,4,9-10H2,1H3;1H. The number of carbonyl (C=O) groups is 1. The van der Waals surface area contributed by atoms with Gasteiger partial charge in [0.1, 0.15) is 5.75 Å². The molecule has 0 bridgehead atoms. The van der Waals surface area contributed by atoms with E-state index >= 15 is 0 Å². The van der Waals surface area contributed by atoms with Crippen molar-refractivity contribution in [1.29, 1.82) is 0 Å². The highest BCUT2D eigenvalue weighted by atomic mass is 35.5. The highest BCUT2D eigenvalue weighted by molar-refractivity contribution is 7.22. The number of aromatic nitrogens is 3. The predicted octanol–water partition coefficient (Wildman–Crippen LogP) is 5.11. The fourth-order valence-electron chi connectivity index (χ4n) is 2.91. The Morgan fingerprint density at radius 1 is 1.31 bits per heavy atom. The second kappa shape index (κ2) is 9.87. The Morgan fingerprint density at radius 3 is 2.93 bits per heavy atom. The number of hydrogen-bond acceptors (Lipinski definition) is 6. The minimum atomic E-state index is -0.00952. The number of rotatable bonds is 8. The fourth-order valence-corrected chi connectivity index (χ4v) is 4.60. The Bertz CT molecular complexity index is 1050. The number of imidazole rings is 1. The summed E-state index contributed by atoms with van der Waals surface area (Å²) in [6.45, 7) is 3.97. The molecule has 0 N–H and O–H groups in total. The van der Waals surface area contributed by atoms with Gasteiger partial charge in [0.2, 0.25) is 0 Å². The molecule has 1 aromatic carbocycles. The Labute approximate surface area is 183 Å². The summed E-state index contributed by atoms with van der Waals surface area (Å²) in [5.74, 6) is 0.811. The maximum atomic E-state index is 13.1. The van der Waals surface area contributed by atoms with Crippen molar-refractivity contribution >= 4 is 56.3 Å². The van der Waals surface area contributed by atoms with Crippen molar-refractivity contribution in [2.24, 2.45) is 0 Å². The third kappa shape index (κ3) is 4.95. The number of amides is 1. The molecule has 0 aliphatic carbocycles. The summed E-state index contributed by atoms with van der Waals surface area (Å²) in [5.41, 5.74) is 0.877. The van der Waals surface area contributed by atoms with Crippen LogP contribution < -0.4 is 9.64 Å². The first-order valence-electron chi connectivity index (χ1n) is 9.09. The van der Waals surface area contributed by atoms with Crippen molar-refractivity contribution in [2.45, 2.75) is 19.9 Å². The number of anilines is 1. The highest BCUT2D eigenvalue weighted by Gasteiger charge is 2.22. The number of halogens is 1. The zero-order valence-electron chi connectivity index (χ0n) is 15.9. The summed E-state index contributed by atoms with van der Waals surface area (Å²) in [4.78, 5) is 24.4. The summed E-state index contributed by atoms with van der Waals surface area (Å²) in [6.07, 6.45) is 6.29. The Hall–Kier alpha value is -2.42. The van der Waals surface area contributed by atoms with Crippen LogP contribution >= 0.6 is 35.1 Å². The summed E-state index contributed by atoms with van der Waals surface area (Å²) in [6, 6.07) is 9.60. The topological polar surface area (TPSA) is 60.2 Å². The van der Waals surface area contributed by atoms with Gasteiger partial charge >= 0.3 is 0 Å². The van der Waals surface area contributed by atoms with Crippen LogP contribution in [0.2, 0.25) is 0 Å². The number of carbonyl (C=O) groups excluding carboxylic acids is 1. The van der Waals surface area contributed by atoms with Crippen LogP contribution in [0.5, 0.6) is 5.75 Å². The zero-order valence-corrected chi connectivity index (χ0v) is 18.3. The Kier molecular flexibility index (Phi) is 7.24. The van der Waals surface area contributed by atoms with E-state index in [9.17, 15) is 4.79 Å². The molecule has 0 aliphatic rings. The normalized spacial score (nSPS) is 10.7. The average molecular weight is 449 g/mol. The van der Waals surface area contributed by atoms with Crippen LogP contribution in [0.1, 0.15) is 23.0 Å². The van der Waals surface area contributed by atoms with E-state index < -0.39 is 0 Å². The van der Waals surface area contributed by atoms with Gasteiger partial charge in [0.05, 0.1) is 28.0 Å². The summed E-state index contributed by atoms with van der Waals surface area (Å²) in [5, 5.41) is 2.64. The fraction of sp³-hybridized carbons (Fsp3) is 0.250. The first-order valence-corrected chi connectivity index (χ1v) is 10.8. The summed E-state index contributed by atoms with van der Waals surface area (Å²) >= 11 is 2.97. The van der Waals surface area contributed by atoms with Gasteiger partial charge in [-0.25, -0.2) is 9.97 Å². The van der Waals surface area contributed by atoms with Gasteiger partial charge in [0, 0.05) is 25.5 Å². The van der Waals surface area contributed by atoms with Crippen LogP contribution in [0.25, 0.3) is 10.2 Å². The van der Waals surface area contributed by atoms with Crippen LogP contribution in [0, 0.1) is 0 Å². The SMILES string of the molecule is CCOc1ccc2nc(N(CCCn3ccnc3)C(=O)c3cccs3)sc2c1.Cl. The van der Waals surface area contributed by atoms with Gasteiger partial charge in [-0.05, 0) is 43.0 Å². The van der Waals surface area contributed by atoms with Crippen LogP contribution in [-0.2, 0) is 6.54 Å². The molecule has 4 aromatic rings. The van der Waals surface area contributed by atoms with Crippen molar-refractivity contribution in [1.82, 2.24) is 14.5 Å². The average Bonchev–Trinajstić information content (AvgIpc) is 3.46. The summed E-state index contributed by atoms with van der Waals surface area (Å²) < 4.78 is 8.62. The first-order chi connectivity index (χ1) is 13.7. The lowest BCUT2D eigenvalue weighted by Crippen LogP contribution is -2.31. The molecule has 3 heterocycles. The number of aryl methyl sites for hydroxylation is 1. The lowest BCUT2D eigenvalue weighted by molar-refractivity contribution is 0.0990. The molecule has 0 saturated heterocycles. The number of thiazole rings is 1. The van der Waals surface area contributed by atoms with Crippen molar-refractivity contribution in [3.05, 3.63) is 59.3 Å². The molecular formula is C20H21ClN4O2S2. The highest BCUT2D eigenvalue weighted by Crippen LogP contribution is 2.32. The smallest absolute Gasteiger partial charge is 0.270 e. The molecule has 29 heavy (non-hydrogen) atoms. The van der Waals surface area contributed by atoms with Gasteiger partial charge in [-0.1, -0.05) is 17.4 Å². The van der Waals surface area contributed by atoms with E-state index in [-0.39, 0.29) is 18.3 Å². The molecule has 0 spiro atoms. The van der Waals surface area contributed by atoms with E-state index in [1.54, 1.807) is 17.4 Å². The Morgan fingerprint density at radius 2 is 2.21 bits per heavy atom. The molecule has 152 valence electrons. The van der Waals surface area contributed by atoms with Crippen molar-refractivity contribution in [2.75, 3.05) is 18.1 Å². The molecule has 9 heteroatoms. The Balaban J connectivity index is 0.00000240. The predicted molar refractivity (Wildman–Crippen MR) is 121 cm³/mol. The van der Waals surface area contributed by atoms with Crippen LogP contribution in [-0.4, -0.2) is 33.6 Å². The number of nitrogens with zero attached hydrogens (tertiary/aromatic N) is 4. The molecule has 0 saturated carbocycles. The minimum Gasteiger partial charge on any atom is -0.494 e. The molecule has 0 fully saturated rings. The quantitative estimate of drug-likeness (QED) is 0.375. The molecule has 0 atom stereocenters. The van der Waals surface area contributed by atoms with Gasteiger partial charge in [-0.2, -0.15) is 0 Å². The maximum Gasteiger partial charge on any atom is 0.270 e.